The topological polar surface area (TPSA) is 121 Å². The Kier molecular flexibility index (Phi) is 5.60. The van der Waals surface area contributed by atoms with Crippen LogP contribution in [0.15, 0.2) is 55.1 Å². The minimum absolute atomic E-state index is 0.0539. The third-order valence-corrected chi connectivity index (χ3v) is 4.93. The number of hydrogen-bond acceptors (Lipinski definition) is 9. The second-order valence-electron chi connectivity index (χ2n) is 5.66. The fourth-order valence-electron chi connectivity index (χ4n) is 2.35. The summed E-state index contributed by atoms with van der Waals surface area (Å²) < 4.78 is 5.99. The zero-order valence-electron chi connectivity index (χ0n) is 14.3. The SMILES string of the molecule is Oc1c(Br)cc(Br)cc1C=NNc1nc2nonc2nc1Nc1cccc(Cl)c1. The molecule has 146 valence electrons. The summed E-state index contributed by atoms with van der Waals surface area (Å²) in [5, 5.41) is 25.3. The molecule has 0 spiro atoms. The Balaban J connectivity index is 1.65. The molecule has 2 aromatic heterocycles. The quantitative estimate of drug-likeness (QED) is 0.237. The number of halogens is 3. The summed E-state index contributed by atoms with van der Waals surface area (Å²) in [6.07, 6.45) is 1.45. The van der Waals surface area contributed by atoms with E-state index in [2.05, 4.69) is 72.6 Å². The minimum atomic E-state index is 0.0539. The molecule has 0 saturated heterocycles. The highest BCUT2D eigenvalue weighted by Gasteiger charge is 2.13. The summed E-state index contributed by atoms with van der Waals surface area (Å²) in [7, 11) is 0. The molecule has 12 heteroatoms. The van der Waals surface area contributed by atoms with Gasteiger partial charge >= 0.3 is 0 Å². The molecule has 29 heavy (non-hydrogen) atoms. The molecule has 4 rings (SSSR count). The van der Waals surface area contributed by atoms with Crippen LogP contribution in [0.4, 0.5) is 17.3 Å². The Morgan fingerprint density at radius 3 is 2.59 bits per heavy atom. The average Bonchev–Trinajstić information content (AvgIpc) is 3.13. The standard InChI is InChI=1S/C17H10Br2ClN7O2/c18-9-4-8(13(28)12(19)5-9)7-21-25-15-14(22-11-3-1-2-10(20)6-11)23-16-17(24-15)27-29-26-16/h1-7,28H,(H,22,23,26)(H,24,25,27). The van der Waals surface area contributed by atoms with Gasteiger partial charge in [0.15, 0.2) is 11.6 Å². The smallest absolute Gasteiger partial charge is 0.245 e. The van der Waals surface area contributed by atoms with E-state index in [-0.39, 0.29) is 22.9 Å². The predicted molar refractivity (Wildman–Crippen MR) is 117 cm³/mol. The lowest BCUT2D eigenvalue weighted by Gasteiger charge is -2.09. The van der Waals surface area contributed by atoms with E-state index >= 15 is 0 Å². The van der Waals surface area contributed by atoms with E-state index in [1.54, 1.807) is 30.3 Å². The summed E-state index contributed by atoms with van der Waals surface area (Å²) in [6, 6.07) is 10.6. The zero-order valence-corrected chi connectivity index (χ0v) is 18.2. The van der Waals surface area contributed by atoms with Crippen molar-refractivity contribution in [3.05, 3.63) is 55.9 Å². The normalized spacial score (nSPS) is 11.3. The first kappa shape index (κ1) is 19.6. The number of benzene rings is 2. The number of phenols is 1. The molecule has 0 aliphatic carbocycles. The first-order valence-corrected chi connectivity index (χ1v) is 9.96. The number of hydrogen-bond donors (Lipinski definition) is 3. The van der Waals surface area contributed by atoms with E-state index in [0.29, 0.717) is 26.6 Å². The van der Waals surface area contributed by atoms with Crippen LogP contribution >= 0.6 is 43.5 Å². The van der Waals surface area contributed by atoms with Crippen LogP contribution in [0.3, 0.4) is 0 Å². The molecule has 2 aromatic carbocycles. The summed E-state index contributed by atoms with van der Waals surface area (Å²) in [6.45, 7) is 0. The van der Waals surface area contributed by atoms with Crippen LogP contribution < -0.4 is 10.7 Å². The van der Waals surface area contributed by atoms with Crippen molar-refractivity contribution in [1.82, 2.24) is 20.3 Å². The summed E-state index contributed by atoms with van der Waals surface area (Å²) in [5.74, 6) is 0.670. The maximum atomic E-state index is 10.1. The van der Waals surface area contributed by atoms with E-state index in [1.807, 2.05) is 6.07 Å². The molecule has 0 radical (unpaired) electrons. The van der Waals surface area contributed by atoms with Gasteiger partial charge in [-0.2, -0.15) is 10.1 Å². The molecular weight excluding hydrogens is 529 g/mol. The van der Waals surface area contributed by atoms with E-state index in [0.717, 1.165) is 4.47 Å². The lowest BCUT2D eigenvalue weighted by Crippen LogP contribution is -2.03. The molecule has 0 fully saturated rings. The Morgan fingerprint density at radius 1 is 1.07 bits per heavy atom. The molecule has 4 aromatic rings. The molecule has 9 nitrogen and oxygen atoms in total. The van der Waals surface area contributed by atoms with Crippen molar-refractivity contribution < 1.29 is 9.74 Å². The second kappa shape index (κ2) is 8.31. The van der Waals surface area contributed by atoms with Gasteiger partial charge in [-0.05, 0) is 56.6 Å². The highest BCUT2D eigenvalue weighted by molar-refractivity contribution is 9.11. The Bertz CT molecular complexity index is 1230. The van der Waals surface area contributed by atoms with E-state index < -0.39 is 0 Å². The Morgan fingerprint density at radius 2 is 1.83 bits per heavy atom. The summed E-state index contributed by atoms with van der Waals surface area (Å²) >= 11 is 12.7. The fourth-order valence-corrected chi connectivity index (χ4v) is 3.80. The van der Waals surface area contributed by atoms with Crippen LogP contribution in [-0.4, -0.2) is 31.6 Å². The van der Waals surface area contributed by atoms with Crippen molar-refractivity contribution in [2.75, 3.05) is 10.7 Å². The van der Waals surface area contributed by atoms with Gasteiger partial charge in [0, 0.05) is 20.7 Å². The molecule has 2 heterocycles. The van der Waals surface area contributed by atoms with Crippen molar-refractivity contribution >= 4 is 78.3 Å². The van der Waals surface area contributed by atoms with Gasteiger partial charge in [0.25, 0.3) is 0 Å². The number of phenolic OH excluding ortho intramolecular Hbond substituents is 1. The van der Waals surface area contributed by atoms with E-state index in [9.17, 15) is 5.11 Å². The van der Waals surface area contributed by atoms with Crippen LogP contribution in [0.25, 0.3) is 11.3 Å². The summed E-state index contributed by atoms with van der Waals surface area (Å²) in [4.78, 5) is 8.66. The number of anilines is 3. The van der Waals surface area contributed by atoms with Gasteiger partial charge in [0.2, 0.25) is 11.3 Å². The number of rotatable bonds is 5. The maximum Gasteiger partial charge on any atom is 0.245 e. The molecule has 0 amide bonds. The number of nitrogens with one attached hydrogen (secondary N) is 2. The van der Waals surface area contributed by atoms with Crippen LogP contribution in [0.1, 0.15) is 5.56 Å². The van der Waals surface area contributed by atoms with Crippen molar-refractivity contribution in [3.8, 4) is 5.75 Å². The number of hydrazone groups is 1. The van der Waals surface area contributed by atoms with Crippen LogP contribution in [0, 0.1) is 0 Å². The number of fused-ring (bicyclic) bond motifs is 1. The lowest BCUT2D eigenvalue weighted by atomic mass is 10.2. The van der Waals surface area contributed by atoms with Crippen molar-refractivity contribution in [1.29, 1.82) is 0 Å². The molecule has 0 bridgehead atoms. The molecule has 3 N–H and O–H groups in total. The summed E-state index contributed by atoms with van der Waals surface area (Å²) in [5.41, 5.74) is 4.43. The maximum absolute atomic E-state index is 10.1. The fraction of sp³-hybridized carbons (Fsp3) is 0. The average molecular weight is 540 g/mol. The molecule has 0 saturated carbocycles. The zero-order chi connectivity index (χ0) is 20.4. The van der Waals surface area contributed by atoms with Gasteiger partial charge < -0.3 is 10.4 Å². The Labute approximate surface area is 185 Å². The Hall–Kier alpha value is -2.76. The molecule has 0 unspecified atom stereocenters. The van der Waals surface area contributed by atoms with Gasteiger partial charge in [0.05, 0.1) is 10.7 Å². The minimum Gasteiger partial charge on any atom is -0.506 e. The molecule has 0 atom stereocenters. The van der Waals surface area contributed by atoms with Crippen molar-refractivity contribution in [2.24, 2.45) is 5.10 Å². The van der Waals surface area contributed by atoms with E-state index in [4.69, 9.17) is 11.6 Å². The number of aromatic nitrogens is 4. The monoisotopic (exact) mass is 537 g/mol. The molecular formula is C17H10Br2ClN7O2. The van der Waals surface area contributed by atoms with Crippen LogP contribution in [0.2, 0.25) is 5.02 Å². The molecule has 0 aliphatic heterocycles. The highest BCUT2D eigenvalue weighted by Crippen LogP contribution is 2.31. The van der Waals surface area contributed by atoms with Crippen molar-refractivity contribution in [3.63, 3.8) is 0 Å². The second-order valence-corrected chi connectivity index (χ2v) is 7.87. The lowest BCUT2D eigenvalue weighted by molar-refractivity contribution is 0.314. The van der Waals surface area contributed by atoms with Gasteiger partial charge in [0.1, 0.15) is 5.75 Å². The third-order valence-electron chi connectivity index (χ3n) is 3.63. The first-order valence-electron chi connectivity index (χ1n) is 7.99. The van der Waals surface area contributed by atoms with E-state index in [1.165, 1.54) is 6.21 Å². The van der Waals surface area contributed by atoms with Gasteiger partial charge in [-0.3, -0.25) is 5.43 Å². The van der Waals surface area contributed by atoms with Crippen LogP contribution in [0.5, 0.6) is 5.75 Å². The number of nitrogens with zero attached hydrogens (tertiary/aromatic N) is 5. The highest BCUT2D eigenvalue weighted by atomic mass is 79.9. The van der Waals surface area contributed by atoms with Gasteiger partial charge in [-0.15, -0.1) is 0 Å². The van der Waals surface area contributed by atoms with Gasteiger partial charge in [-0.25, -0.2) is 9.61 Å². The molecule has 0 aliphatic rings. The third kappa shape index (κ3) is 4.47. The number of aromatic hydroxyl groups is 1. The largest absolute Gasteiger partial charge is 0.506 e. The van der Waals surface area contributed by atoms with Gasteiger partial charge in [-0.1, -0.05) is 33.6 Å². The first-order chi connectivity index (χ1) is 14.0. The van der Waals surface area contributed by atoms with Crippen LogP contribution in [-0.2, 0) is 0 Å². The van der Waals surface area contributed by atoms with Crippen molar-refractivity contribution in [2.45, 2.75) is 0 Å². The predicted octanol–water partition coefficient (Wildman–Crippen LogP) is 5.09.